The van der Waals surface area contributed by atoms with Crippen LogP contribution in [0.5, 0.6) is 0 Å². The van der Waals surface area contributed by atoms with Crippen LogP contribution in [0.1, 0.15) is 19.7 Å². The highest BCUT2D eigenvalue weighted by Gasteiger charge is 2.11. The van der Waals surface area contributed by atoms with Crippen molar-refractivity contribution in [2.75, 3.05) is 6.54 Å². The first-order valence-electron chi connectivity index (χ1n) is 5.46. The molecule has 0 spiro atoms. The number of halogens is 1. The van der Waals surface area contributed by atoms with Crippen LogP contribution in [-0.2, 0) is 6.42 Å². The molecule has 0 radical (unpaired) electrons. The van der Waals surface area contributed by atoms with E-state index < -0.39 is 0 Å². The molecule has 17 heavy (non-hydrogen) atoms. The number of hydrogen-bond donors (Lipinski definition) is 1. The largest absolute Gasteiger partial charge is 0.440 e. The zero-order valence-corrected chi connectivity index (χ0v) is 10.5. The molecule has 0 saturated carbocycles. The summed E-state index contributed by atoms with van der Waals surface area (Å²) in [5.41, 5.74) is 0. The summed E-state index contributed by atoms with van der Waals surface area (Å²) in [6, 6.07) is 3.79. The molecule has 0 atom stereocenters. The fourth-order valence-electron chi connectivity index (χ4n) is 1.35. The van der Waals surface area contributed by atoms with E-state index in [1.807, 2.05) is 0 Å². The lowest BCUT2D eigenvalue weighted by Crippen LogP contribution is -2.25. The third kappa shape index (κ3) is 3.31. The molecule has 0 aliphatic heterocycles. The lowest BCUT2D eigenvalue weighted by atomic mass is 10.3. The number of rotatable bonds is 5. The molecule has 0 aliphatic carbocycles. The molecule has 0 amide bonds. The highest BCUT2D eigenvalue weighted by atomic mass is 35.5. The second-order valence-corrected chi connectivity index (χ2v) is 4.34. The van der Waals surface area contributed by atoms with Gasteiger partial charge in [-0.1, -0.05) is 13.8 Å². The Hall–Kier alpha value is -1.33. The predicted octanol–water partition coefficient (Wildman–Crippen LogP) is 2.52. The monoisotopic (exact) mass is 255 g/mol. The number of hydrogen-bond acceptors (Lipinski definition) is 5. The van der Waals surface area contributed by atoms with E-state index in [4.69, 9.17) is 20.4 Å². The Labute approximate surface area is 104 Å². The molecule has 0 fully saturated rings. The van der Waals surface area contributed by atoms with Gasteiger partial charge in [-0.25, -0.2) is 0 Å². The molecule has 2 aromatic rings. The van der Waals surface area contributed by atoms with Crippen LogP contribution in [-0.4, -0.2) is 22.8 Å². The van der Waals surface area contributed by atoms with Gasteiger partial charge in [0.1, 0.15) is 0 Å². The van der Waals surface area contributed by atoms with Gasteiger partial charge >= 0.3 is 0 Å². The highest BCUT2D eigenvalue weighted by Crippen LogP contribution is 2.23. The van der Waals surface area contributed by atoms with E-state index in [9.17, 15) is 0 Å². The molecule has 92 valence electrons. The van der Waals surface area contributed by atoms with Gasteiger partial charge in [0.05, 0.1) is 0 Å². The maximum absolute atomic E-state index is 5.67. The molecule has 2 rings (SSSR count). The molecule has 2 heterocycles. The summed E-state index contributed by atoms with van der Waals surface area (Å²) in [6.07, 6.45) is 0.694. The number of nitrogens with zero attached hydrogens (tertiary/aromatic N) is 2. The van der Waals surface area contributed by atoms with Gasteiger partial charge in [0, 0.05) is 19.0 Å². The average Bonchev–Trinajstić information content (AvgIpc) is 2.86. The van der Waals surface area contributed by atoms with Crippen LogP contribution in [0.4, 0.5) is 0 Å². The Morgan fingerprint density at radius 3 is 2.76 bits per heavy atom. The maximum atomic E-state index is 5.67. The van der Waals surface area contributed by atoms with Crippen molar-refractivity contribution in [3.63, 3.8) is 0 Å². The molecule has 0 aromatic carbocycles. The van der Waals surface area contributed by atoms with Gasteiger partial charge in [-0.2, -0.15) is 0 Å². The number of aromatic nitrogens is 2. The van der Waals surface area contributed by atoms with Crippen LogP contribution in [0.15, 0.2) is 21.0 Å². The molecule has 0 aliphatic rings. The molecule has 0 unspecified atom stereocenters. The van der Waals surface area contributed by atoms with E-state index >= 15 is 0 Å². The minimum atomic E-state index is 0.307. The van der Waals surface area contributed by atoms with E-state index in [0.717, 1.165) is 6.54 Å². The van der Waals surface area contributed by atoms with Crippen molar-refractivity contribution in [2.45, 2.75) is 26.3 Å². The molecule has 6 heteroatoms. The third-order valence-corrected chi connectivity index (χ3v) is 2.35. The normalized spacial score (nSPS) is 11.3. The van der Waals surface area contributed by atoms with Crippen molar-refractivity contribution in [2.24, 2.45) is 0 Å². The van der Waals surface area contributed by atoms with Crippen molar-refractivity contribution < 1.29 is 8.83 Å². The van der Waals surface area contributed by atoms with Crippen LogP contribution in [0.2, 0.25) is 5.22 Å². The summed E-state index contributed by atoms with van der Waals surface area (Å²) in [5, 5.41) is 11.4. The molecule has 1 N–H and O–H groups in total. The van der Waals surface area contributed by atoms with E-state index in [1.54, 1.807) is 12.1 Å². The van der Waals surface area contributed by atoms with Gasteiger partial charge in [0.15, 0.2) is 11.0 Å². The summed E-state index contributed by atoms with van der Waals surface area (Å²) < 4.78 is 10.6. The van der Waals surface area contributed by atoms with E-state index in [-0.39, 0.29) is 0 Å². The Kier molecular flexibility index (Phi) is 3.81. The standard InChI is InChI=1S/C11H14ClN3O2/c1-7(2)13-6-5-10-14-15-11(17-10)8-3-4-9(12)16-8/h3-4,7,13H,5-6H2,1-2H3. The first kappa shape index (κ1) is 12.1. The summed E-state index contributed by atoms with van der Waals surface area (Å²) in [7, 11) is 0. The lowest BCUT2D eigenvalue weighted by molar-refractivity contribution is 0.467. The first-order chi connectivity index (χ1) is 8.15. The summed E-state index contributed by atoms with van der Waals surface area (Å²) in [4.78, 5) is 0. The zero-order valence-electron chi connectivity index (χ0n) is 9.74. The van der Waals surface area contributed by atoms with Crippen molar-refractivity contribution in [3.05, 3.63) is 23.2 Å². The van der Waals surface area contributed by atoms with E-state index in [1.165, 1.54) is 0 Å². The second kappa shape index (κ2) is 5.33. The van der Waals surface area contributed by atoms with Gasteiger partial charge in [-0.05, 0) is 23.7 Å². The maximum Gasteiger partial charge on any atom is 0.283 e. The van der Waals surface area contributed by atoms with Crippen LogP contribution >= 0.6 is 11.6 Å². The zero-order chi connectivity index (χ0) is 12.3. The van der Waals surface area contributed by atoms with E-state index in [0.29, 0.717) is 35.2 Å². The highest BCUT2D eigenvalue weighted by molar-refractivity contribution is 6.28. The van der Waals surface area contributed by atoms with Crippen molar-refractivity contribution in [1.82, 2.24) is 15.5 Å². The van der Waals surface area contributed by atoms with Crippen molar-refractivity contribution in [1.29, 1.82) is 0 Å². The van der Waals surface area contributed by atoms with Gasteiger partial charge in [-0.15, -0.1) is 10.2 Å². The van der Waals surface area contributed by atoms with E-state index in [2.05, 4.69) is 29.4 Å². The first-order valence-corrected chi connectivity index (χ1v) is 5.84. The predicted molar refractivity (Wildman–Crippen MR) is 63.9 cm³/mol. The molecule has 5 nitrogen and oxygen atoms in total. The topological polar surface area (TPSA) is 64.1 Å². The Bertz CT molecular complexity index is 479. The van der Waals surface area contributed by atoms with Crippen molar-refractivity contribution >= 4 is 11.6 Å². The Balaban J connectivity index is 1.96. The van der Waals surface area contributed by atoms with Gasteiger partial charge in [-0.3, -0.25) is 0 Å². The fraction of sp³-hybridized carbons (Fsp3) is 0.455. The second-order valence-electron chi connectivity index (χ2n) is 3.96. The molecule has 0 bridgehead atoms. The molecular weight excluding hydrogens is 242 g/mol. The van der Waals surface area contributed by atoms with Gasteiger partial charge < -0.3 is 14.2 Å². The minimum Gasteiger partial charge on any atom is -0.440 e. The van der Waals surface area contributed by atoms with Crippen LogP contribution in [0, 0.1) is 0 Å². The Morgan fingerprint density at radius 1 is 1.29 bits per heavy atom. The number of furan rings is 1. The quantitative estimate of drug-likeness (QED) is 0.889. The third-order valence-electron chi connectivity index (χ3n) is 2.14. The summed E-state index contributed by atoms with van der Waals surface area (Å²) in [5.74, 6) is 1.43. The summed E-state index contributed by atoms with van der Waals surface area (Å²) >= 11 is 5.67. The molecule has 0 saturated heterocycles. The lowest BCUT2D eigenvalue weighted by Gasteiger charge is -2.04. The summed E-state index contributed by atoms with van der Waals surface area (Å²) in [6.45, 7) is 4.98. The van der Waals surface area contributed by atoms with Crippen LogP contribution in [0.3, 0.4) is 0 Å². The number of nitrogens with one attached hydrogen (secondary N) is 1. The fourth-order valence-corrected chi connectivity index (χ4v) is 1.50. The minimum absolute atomic E-state index is 0.307. The Morgan fingerprint density at radius 2 is 2.12 bits per heavy atom. The average molecular weight is 256 g/mol. The SMILES string of the molecule is CC(C)NCCc1nnc(-c2ccc(Cl)o2)o1. The van der Waals surface area contributed by atoms with Gasteiger partial charge in [0.25, 0.3) is 5.89 Å². The van der Waals surface area contributed by atoms with Crippen LogP contribution in [0.25, 0.3) is 11.7 Å². The smallest absolute Gasteiger partial charge is 0.283 e. The molecule has 2 aromatic heterocycles. The van der Waals surface area contributed by atoms with Gasteiger partial charge in [0.2, 0.25) is 5.89 Å². The van der Waals surface area contributed by atoms with Crippen molar-refractivity contribution in [3.8, 4) is 11.7 Å². The molecular formula is C11H14ClN3O2. The van der Waals surface area contributed by atoms with Crippen LogP contribution < -0.4 is 5.32 Å².